The number of nitrogens with zero attached hydrogens (tertiary/aromatic N) is 7. The summed E-state index contributed by atoms with van der Waals surface area (Å²) < 4.78 is 17.8. The number of hydrogen-bond acceptors (Lipinski definition) is 12. The lowest BCUT2D eigenvalue weighted by Crippen LogP contribution is -2.26. The van der Waals surface area contributed by atoms with E-state index in [2.05, 4.69) is 61.2 Å². The summed E-state index contributed by atoms with van der Waals surface area (Å²) in [6.45, 7) is 13.9. The van der Waals surface area contributed by atoms with Crippen molar-refractivity contribution >= 4 is 39.3 Å². The fourth-order valence-electron chi connectivity index (χ4n) is 6.07. The van der Waals surface area contributed by atoms with Gasteiger partial charge in [0, 0.05) is 64.0 Å². The van der Waals surface area contributed by atoms with Crippen LogP contribution >= 0.6 is 0 Å². The number of aromatic amines is 1. The number of rotatable bonds is 10. The Hall–Kier alpha value is -8.23. The molecule has 3 N–H and O–H groups in total. The summed E-state index contributed by atoms with van der Waals surface area (Å²) in [6, 6.07) is 30.3. The third kappa shape index (κ3) is 8.77. The molecule has 14 heteroatoms. The fraction of sp³-hybridized carbons (Fsp3) is 0.133. The normalized spacial score (nSPS) is 10.9. The maximum absolute atomic E-state index is 12.5. The molecule has 0 amide bonds. The van der Waals surface area contributed by atoms with Crippen LogP contribution in [0, 0.1) is 22.7 Å². The molecule has 0 unspecified atom stereocenters. The van der Waals surface area contributed by atoms with E-state index >= 15 is 0 Å². The minimum absolute atomic E-state index is 0.309. The largest absolute Gasteiger partial charge is 0.443 e. The first-order chi connectivity index (χ1) is 28.6. The van der Waals surface area contributed by atoms with Gasteiger partial charge in [0.1, 0.15) is 17.7 Å². The Morgan fingerprint density at radius 2 is 1.31 bits per heavy atom. The second kappa shape index (κ2) is 16.9. The van der Waals surface area contributed by atoms with Gasteiger partial charge in [-0.25, -0.2) is 4.79 Å². The van der Waals surface area contributed by atoms with E-state index in [4.69, 9.17) is 13.8 Å². The molecule has 59 heavy (non-hydrogen) atoms. The number of hydrogen-bond donors (Lipinski definition) is 3. The highest BCUT2D eigenvalue weighted by atomic mass is 16.6. The third-order valence-corrected chi connectivity index (χ3v) is 8.85. The average molecular weight is 783 g/mol. The quantitative estimate of drug-likeness (QED) is 0.111. The lowest BCUT2D eigenvalue weighted by Gasteiger charge is -2.19. The third-order valence-electron chi connectivity index (χ3n) is 8.85. The lowest BCUT2D eigenvalue weighted by molar-refractivity contribution is 0.0544. The number of benzene rings is 4. The van der Waals surface area contributed by atoms with Crippen molar-refractivity contribution in [3.63, 3.8) is 0 Å². The molecule has 0 aliphatic heterocycles. The number of carbonyl (C=O) groups is 1. The van der Waals surface area contributed by atoms with Crippen LogP contribution in [-0.4, -0.2) is 54.6 Å². The average Bonchev–Trinajstić information content (AvgIpc) is 4.08. The first kappa shape index (κ1) is 39.0. The molecule has 0 radical (unpaired) electrons. The van der Waals surface area contributed by atoms with E-state index in [0.29, 0.717) is 64.5 Å². The van der Waals surface area contributed by atoms with Crippen molar-refractivity contribution < 1.29 is 18.6 Å². The van der Waals surface area contributed by atoms with Crippen molar-refractivity contribution in [1.29, 1.82) is 10.5 Å². The van der Waals surface area contributed by atoms with Crippen LogP contribution in [0.15, 0.2) is 132 Å². The first-order valence-corrected chi connectivity index (χ1v) is 18.5. The van der Waals surface area contributed by atoms with E-state index in [-0.39, 0.29) is 0 Å². The molecule has 0 aliphatic rings. The molecule has 4 aromatic carbocycles. The summed E-state index contributed by atoms with van der Waals surface area (Å²) >= 11 is 0. The van der Waals surface area contributed by atoms with Crippen molar-refractivity contribution in [3.8, 4) is 57.8 Å². The summed E-state index contributed by atoms with van der Waals surface area (Å²) in [5, 5.41) is 35.2. The Kier molecular flexibility index (Phi) is 11.2. The highest BCUT2D eigenvalue weighted by Crippen LogP contribution is 2.30. The number of nitrogens with one attached hydrogen (secondary N) is 3. The molecule has 0 saturated carbocycles. The van der Waals surface area contributed by atoms with E-state index < -0.39 is 11.7 Å². The number of fused-ring (bicyclic) bond motifs is 2. The van der Waals surface area contributed by atoms with Gasteiger partial charge >= 0.3 is 6.09 Å². The summed E-state index contributed by atoms with van der Waals surface area (Å²) in [4.78, 5) is 24.6. The van der Waals surface area contributed by atoms with Crippen LogP contribution in [-0.2, 0) is 4.74 Å². The van der Waals surface area contributed by atoms with Crippen LogP contribution in [0.5, 0.6) is 0 Å². The van der Waals surface area contributed by atoms with Gasteiger partial charge in [-0.05, 0) is 106 Å². The summed E-state index contributed by atoms with van der Waals surface area (Å²) in [5.74, 6) is 1.60. The van der Waals surface area contributed by atoms with Crippen LogP contribution in [0.1, 0.15) is 31.9 Å². The molecular weight excluding hydrogens is 745 g/mol. The zero-order valence-corrected chi connectivity index (χ0v) is 32.5. The second-order valence-corrected chi connectivity index (χ2v) is 14.1. The minimum Gasteiger partial charge on any atom is -0.443 e. The minimum atomic E-state index is -0.583. The molecule has 0 saturated heterocycles. The predicted octanol–water partition coefficient (Wildman–Crippen LogP) is 9.97. The molecule has 4 aromatic heterocycles. The molecule has 292 valence electrons. The molecule has 0 atom stereocenters. The highest BCUT2D eigenvalue weighted by molar-refractivity contribution is 5.92. The summed E-state index contributed by atoms with van der Waals surface area (Å²) in [5.41, 5.74) is 6.59. The number of H-pyrrole nitrogens is 1. The van der Waals surface area contributed by atoms with E-state index in [1.807, 2.05) is 93.7 Å². The number of aromatic nitrogens is 6. The van der Waals surface area contributed by atoms with Crippen molar-refractivity contribution in [2.45, 2.75) is 26.4 Å². The maximum Gasteiger partial charge on any atom is 0.418 e. The van der Waals surface area contributed by atoms with E-state index in [1.165, 1.54) is 4.57 Å². The monoisotopic (exact) mass is 782 g/mol. The maximum atomic E-state index is 12.5. The van der Waals surface area contributed by atoms with Crippen LogP contribution in [0.3, 0.4) is 0 Å². The van der Waals surface area contributed by atoms with Gasteiger partial charge in [0.2, 0.25) is 11.6 Å². The van der Waals surface area contributed by atoms with Gasteiger partial charge in [0.05, 0.1) is 28.0 Å². The fourth-order valence-corrected chi connectivity index (χ4v) is 6.07. The Bertz CT molecular complexity index is 2910. The van der Waals surface area contributed by atoms with Gasteiger partial charge in [0.15, 0.2) is 0 Å². The van der Waals surface area contributed by atoms with E-state index in [0.717, 1.165) is 38.6 Å². The Labute approximate surface area is 339 Å². The predicted molar refractivity (Wildman–Crippen MR) is 226 cm³/mol. The topological polar surface area (TPSA) is 196 Å². The van der Waals surface area contributed by atoms with Crippen molar-refractivity contribution in [2.24, 2.45) is 0 Å². The lowest BCUT2D eigenvalue weighted by atomic mass is 10.1. The van der Waals surface area contributed by atoms with Gasteiger partial charge in [-0.2, -0.15) is 20.5 Å². The van der Waals surface area contributed by atoms with Gasteiger partial charge < -0.3 is 29.4 Å². The molecule has 8 rings (SSSR count). The smallest absolute Gasteiger partial charge is 0.418 e. The molecule has 8 aromatic rings. The van der Waals surface area contributed by atoms with Crippen LogP contribution in [0.4, 0.5) is 16.2 Å². The molecule has 0 spiro atoms. The van der Waals surface area contributed by atoms with Crippen molar-refractivity contribution in [1.82, 2.24) is 29.8 Å². The molecule has 4 heterocycles. The molecular formula is C45H38N10O4. The van der Waals surface area contributed by atoms with E-state index in [1.54, 1.807) is 36.5 Å². The Morgan fingerprint density at radius 3 is 1.85 bits per heavy atom. The van der Waals surface area contributed by atoms with Gasteiger partial charge in [-0.15, -0.1) is 13.2 Å². The molecule has 0 aliphatic carbocycles. The number of nitriles is 2. The van der Waals surface area contributed by atoms with Gasteiger partial charge in [-0.1, -0.05) is 22.5 Å². The van der Waals surface area contributed by atoms with Crippen LogP contribution < -0.4 is 10.6 Å². The van der Waals surface area contributed by atoms with Crippen molar-refractivity contribution in [3.05, 3.63) is 134 Å². The summed E-state index contributed by atoms with van der Waals surface area (Å²) in [6.07, 6.45) is 6.58. The van der Waals surface area contributed by atoms with Gasteiger partial charge in [0.25, 0.3) is 11.8 Å². The second-order valence-electron chi connectivity index (χ2n) is 14.1. The first-order valence-electron chi connectivity index (χ1n) is 18.5. The van der Waals surface area contributed by atoms with Crippen molar-refractivity contribution in [2.75, 3.05) is 23.7 Å². The molecule has 0 fully saturated rings. The zero-order valence-electron chi connectivity index (χ0n) is 32.5. The van der Waals surface area contributed by atoms with Crippen LogP contribution in [0.2, 0.25) is 0 Å². The summed E-state index contributed by atoms with van der Waals surface area (Å²) in [7, 11) is 0. The Morgan fingerprint density at radius 1 is 0.763 bits per heavy atom. The van der Waals surface area contributed by atoms with E-state index in [9.17, 15) is 15.3 Å². The molecule has 14 nitrogen and oxygen atoms in total. The Balaban J connectivity index is 0.000000184. The number of anilines is 2. The van der Waals surface area contributed by atoms with Crippen LogP contribution in [0.25, 0.3) is 67.5 Å². The molecule has 0 bridgehead atoms. The number of ether oxygens (including phenoxy) is 1. The number of carbonyl (C=O) groups excluding carboxylic acids is 1. The SMILES string of the molecule is C=CCNc1ccc(-c2nc(-c3ccc4[nH]ccc4c3)no2)cc1C#N.C=CCNc1ccc(-c2nc(-c3ccc4c(ccn4C(=O)OC(C)(C)C)c3)no2)cc1C#N. The zero-order chi connectivity index (χ0) is 41.5. The standard InChI is InChI=1S/C25H23N5O3.C20H15N5O/c1-5-11-27-20-8-6-18(14-19(20)15-26)23-28-22(29-33-23)17-7-9-21-16(13-17)10-12-30(21)24(31)32-25(2,3)4;1-2-8-22-18-6-4-15(11-16(18)12-21)20-24-19(25-26-20)14-3-5-17-13(10-14)7-9-23-17/h5-10,12-14,27H,1,11H2,2-4H3;2-7,9-11,22-23H,1,8H2. The highest BCUT2D eigenvalue weighted by Gasteiger charge is 2.20. The van der Waals surface area contributed by atoms with Gasteiger partial charge in [-0.3, -0.25) is 4.57 Å².